The summed E-state index contributed by atoms with van der Waals surface area (Å²) in [6.07, 6.45) is 0.984. The summed E-state index contributed by atoms with van der Waals surface area (Å²) in [7, 11) is 0. The highest BCUT2D eigenvalue weighted by Gasteiger charge is 2.33. The molecule has 1 aromatic carbocycles. The highest BCUT2D eigenvalue weighted by molar-refractivity contribution is 7.08. The summed E-state index contributed by atoms with van der Waals surface area (Å²) in [5, 5.41) is 6.77. The fourth-order valence-electron chi connectivity index (χ4n) is 2.79. The van der Waals surface area contributed by atoms with E-state index in [9.17, 15) is 9.59 Å². The van der Waals surface area contributed by atoms with Crippen molar-refractivity contribution in [1.82, 2.24) is 5.32 Å². The van der Waals surface area contributed by atoms with Gasteiger partial charge in [0.1, 0.15) is 6.04 Å². The molecule has 1 N–H and O–H groups in total. The van der Waals surface area contributed by atoms with Gasteiger partial charge in [-0.15, -0.1) is 0 Å². The van der Waals surface area contributed by atoms with Crippen LogP contribution in [0.25, 0.3) is 0 Å². The van der Waals surface area contributed by atoms with Crippen LogP contribution >= 0.6 is 11.3 Å². The normalized spacial score (nSPS) is 17.6. The Morgan fingerprint density at radius 3 is 2.83 bits per heavy atom. The summed E-state index contributed by atoms with van der Waals surface area (Å²) in [4.78, 5) is 26.4. The maximum atomic E-state index is 12.6. The molecule has 1 aromatic heterocycles. The molecule has 1 aliphatic heterocycles. The quantitative estimate of drug-likeness (QED) is 0.938. The molecular weight excluding hydrogens is 308 g/mol. The van der Waals surface area contributed by atoms with E-state index in [1.807, 2.05) is 41.9 Å². The molecule has 0 spiro atoms. The van der Waals surface area contributed by atoms with E-state index in [0.717, 1.165) is 11.3 Å². The molecule has 0 aliphatic carbocycles. The predicted octanol–water partition coefficient (Wildman–Crippen LogP) is 2.83. The number of nitrogens with one attached hydrogen (secondary N) is 1. The summed E-state index contributed by atoms with van der Waals surface area (Å²) in [5.74, 6) is -0.115. The van der Waals surface area contributed by atoms with Crippen LogP contribution in [0.5, 0.6) is 0 Å². The smallest absolute Gasteiger partial charge is 0.249 e. The van der Waals surface area contributed by atoms with Crippen LogP contribution in [0, 0.1) is 13.8 Å². The number of hydrogen-bond donors (Lipinski definition) is 1. The average molecular weight is 328 g/mol. The number of hydrogen-bond acceptors (Lipinski definition) is 3. The second kappa shape index (κ2) is 6.54. The van der Waals surface area contributed by atoms with Gasteiger partial charge in [0.05, 0.1) is 6.42 Å². The molecule has 2 amide bonds. The van der Waals surface area contributed by atoms with Gasteiger partial charge in [0.2, 0.25) is 11.8 Å². The van der Waals surface area contributed by atoms with Crippen LogP contribution in [0.1, 0.15) is 23.1 Å². The Morgan fingerprint density at radius 2 is 2.13 bits per heavy atom. The van der Waals surface area contributed by atoms with Gasteiger partial charge in [-0.2, -0.15) is 11.3 Å². The molecule has 0 saturated carbocycles. The minimum atomic E-state index is -0.414. The summed E-state index contributed by atoms with van der Waals surface area (Å²) in [6.45, 7) is 4.74. The fraction of sp³-hybridized carbons (Fsp3) is 0.333. The monoisotopic (exact) mass is 328 g/mol. The second-order valence-corrected chi connectivity index (χ2v) is 6.76. The number of benzene rings is 1. The highest BCUT2D eigenvalue weighted by atomic mass is 32.1. The Bertz CT molecular complexity index is 725. The first kappa shape index (κ1) is 15.7. The molecule has 0 radical (unpaired) electrons. The molecule has 2 heterocycles. The molecule has 23 heavy (non-hydrogen) atoms. The molecule has 120 valence electrons. The zero-order valence-electron chi connectivity index (χ0n) is 13.3. The average Bonchev–Trinajstić information content (AvgIpc) is 3.13. The zero-order valence-corrected chi connectivity index (χ0v) is 14.2. The molecule has 4 nitrogen and oxygen atoms in total. The third-order valence-electron chi connectivity index (χ3n) is 4.29. The van der Waals surface area contributed by atoms with Crippen molar-refractivity contribution >= 4 is 28.8 Å². The molecule has 0 unspecified atom stereocenters. The highest BCUT2D eigenvalue weighted by Crippen LogP contribution is 2.24. The lowest BCUT2D eigenvalue weighted by molar-refractivity contribution is -0.126. The number of thiophene rings is 1. The van der Waals surface area contributed by atoms with E-state index in [1.54, 1.807) is 16.2 Å². The minimum Gasteiger partial charge on any atom is -0.344 e. The SMILES string of the molecule is Cc1ccc(N2CC[C@H](NC(=O)Cc3ccsc3)C2=O)cc1C. The van der Waals surface area contributed by atoms with Crippen molar-refractivity contribution in [3.63, 3.8) is 0 Å². The van der Waals surface area contributed by atoms with Gasteiger partial charge >= 0.3 is 0 Å². The summed E-state index contributed by atoms with van der Waals surface area (Å²) < 4.78 is 0. The first-order valence-corrected chi connectivity index (χ1v) is 8.68. The number of rotatable bonds is 4. The number of carbonyl (C=O) groups is 2. The summed E-state index contributed by atoms with van der Waals surface area (Å²) in [6, 6.07) is 7.55. The van der Waals surface area contributed by atoms with Gasteiger partial charge < -0.3 is 10.2 Å². The lowest BCUT2D eigenvalue weighted by Crippen LogP contribution is -2.42. The number of nitrogens with zero attached hydrogens (tertiary/aromatic N) is 1. The third-order valence-corrected chi connectivity index (χ3v) is 5.02. The van der Waals surface area contributed by atoms with Crippen LogP contribution in [-0.4, -0.2) is 24.4 Å². The lowest BCUT2D eigenvalue weighted by Gasteiger charge is -2.18. The number of carbonyl (C=O) groups excluding carboxylic acids is 2. The van der Waals surface area contributed by atoms with E-state index in [4.69, 9.17) is 0 Å². The van der Waals surface area contributed by atoms with Gasteiger partial charge in [-0.3, -0.25) is 9.59 Å². The number of amides is 2. The van der Waals surface area contributed by atoms with E-state index in [2.05, 4.69) is 12.2 Å². The summed E-state index contributed by atoms with van der Waals surface area (Å²) in [5.41, 5.74) is 4.28. The molecule has 2 aromatic rings. The topological polar surface area (TPSA) is 49.4 Å². The molecule has 1 fully saturated rings. The molecule has 1 saturated heterocycles. The third kappa shape index (κ3) is 3.45. The van der Waals surface area contributed by atoms with Crippen LogP contribution in [0.3, 0.4) is 0 Å². The van der Waals surface area contributed by atoms with E-state index >= 15 is 0 Å². The maximum Gasteiger partial charge on any atom is 0.249 e. The Kier molecular flexibility index (Phi) is 4.48. The molecule has 1 atom stereocenters. The van der Waals surface area contributed by atoms with Crippen molar-refractivity contribution < 1.29 is 9.59 Å². The van der Waals surface area contributed by atoms with Crippen molar-refractivity contribution in [2.45, 2.75) is 32.7 Å². The van der Waals surface area contributed by atoms with Gasteiger partial charge in [0.25, 0.3) is 0 Å². The van der Waals surface area contributed by atoms with Crippen molar-refractivity contribution in [2.24, 2.45) is 0 Å². The molecule has 1 aliphatic rings. The van der Waals surface area contributed by atoms with Crippen molar-refractivity contribution in [2.75, 3.05) is 11.4 Å². The minimum absolute atomic E-state index is 0.0214. The number of aryl methyl sites for hydroxylation is 2. The van der Waals surface area contributed by atoms with E-state index in [-0.39, 0.29) is 11.8 Å². The maximum absolute atomic E-state index is 12.6. The van der Waals surface area contributed by atoms with Crippen molar-refractivity contribution in [3.05, 3.63) is 51.7 Å². The van der Waals surface area contributed by atoms with Crippen LogP contribution in [0.4, 0.5) is 5.69 Å². The molecule has 3 rings (SSSR count). The first-order chi connectivity index (χ1) is 11.0. The van der Waals surface area contributed by atoms with Crippen LogP contribution in [0.15, 0.2) is 35.0 Å². The second-order valence-electron chi connectivity index (χ2n) is 5.98. The Morgan fingerprint density at radius 1 is 1.30 bits per heavy atom. The Hall–Kier alpha value is -2.14. The van der Waals surface area contributed by atoms with Gasteiger partial charge in [0.15, 0.2) is 0 Å². The van der Waals surface area contributed by atoms with E-state index < -0.39 is 6.04 Å². The fourth-order valence-corrected chi connectivity index (χ4v) is 3.46. The largest absolute Gasteiger partial charge is 0.344 e. The van der Waals surface area contributed by atoms with Gasteiger partial charge in [0, 0.05) is 12.2 Å². The van der Waals surface area contributed by atoms with Crippen LogP contribution < -0.4 is 10.2 Å². The number of anilines is 1. The predicted molar refractivity (Wildman–Crippen MR) is 92.8 cm³/mol. The van der Waals surface area contributed by atoms with Gasteiger partial charge in [-0.1, -0.05) is 6.07 Å². The van der Waals surface area contributed by atoms with E-state index in [1.165, 1.54) is 11.1 Å². The van der Waals surface area contributed by atoms with Gasteiger partial charge in [-0.25, -0.2) is 0 Å². The van der Waals surface area contributed by atoms with Crippen molar-refractivity contribution in [3.8, 4) is 0 Å². The lowest BCUT2D eigenvalue weighted by atomic mass is 10.1. The first-order valence-electron chi connectivity index (χ1n) is 7.73. The van der Waals surface area contributed by atoms with Gasteiger partial charge in [-0.05, 0) is 65.9 Å². The molecule has 5 heteroatoms. The standard InChI is InChI=1S/C18H20N2O2S/c1-12-3-4-15(9-13(12)2)20-7-5-16(18(20)22)19-17(21)10-14-6-8-23-11-14/h3-4,6,8-9,11,16H,5,7,10H2,1-2H3,(H,19,21)/t16-/m0/s1. The Labute approximate surface area is 140 Å². The summed E-state index contributed by atoms with van der Waals surface area (Å²) >= 11 is 1.57. The van der Waals surface area contributed by atoms with Crippen LogP contribution in [0.2, 0.25) is 0 Å². The van der Waals surface area contributed by atoms with Crippen molar-refractivity contribution in [1.29, 1.82) is 0 Å². The molecular formula is C18H20N2O2S. The van der Waals surface area contributed by atoms with Crippen LogP contribution in [-0.2, 0) is 16.0 Å². The van der Waals surface area contributed by atoms with E-state index in [0.29, 0.717) is 19.4 Å². The zero-order chi connectivity index (χ0) is 16.4. The Balaban J connectivity index is 1.64. The molecule has 0 bridgehead atoms.